The maximum absolute atomic E-state index is 5.74. The second-order valence-electron chi connectivity index (χ2n) is 5.23. The molecule has 1 aromatic heterocycles. The first-order chi connectivity index (χ1) is 9.88. The van der Waals surface area contributed by atoms with Crippen LogP contribution in [0.15, 0.2) is 36.5 Å². The molecule has 106 valence electrons. The van der Waals surface area contributed by atoms with E-state index in [1.807, 2.05) is 18.3 Å². The Morgan fingerprint density at radius 3 is 3.15 bits per heavy atom. The molecule has 1 aromatic carbocycles. The zero-order valence-electron chi connectivity index (χ0n) is 11.9. The van der Waals surface area contributed by atoms with Gasteiger partial charge in [-0.15, -0.1) is 0 Å². The van der Waals surface area contributed by atoms with E-state index in [9.17, 15) is 0 Å². The van der Waals surface area contributed by atoms with Gasteiger partial charge < -0.3 is 10.1 Å². The largest absolute Gasteiger partial charge is 0.493 e. The van der Waals surface area contributed by atoms with Crippen molar-refractivity contribution >= 4 is 0 Å². The molecular weight excluding hydrogens is 250 g/mol. The summed E-state index contributed by atoms with van der Waals surface area (Å²) >= 11 is 0. The molecular formula is C16H21N3O. The predicted molar refractivity (Wildman–Crippen MR) is 78.9 cm³/mol. The van der Waals surface area contributed by atoms with E-state index in [2.05, 4.69) is 40.2 Å². The standard InChI is InChI=1S/C16H21N3O/c1-2-8-17-10-14-7-9-18-19(14)11-13-12-20-16-6-4-3-5-15(13)16/h3-7,9,13,17H,2,8,10-12H2,1H3. The summed E-state index contributed by atoms with van der Waals surface area (Å²) in [4.78, 5) is 0. The maximum atomic E-state index is 5.74. The summed E-state index contributed by atoms with van der Waals surface area (Å²) in [5, 5.41) is 7.88. The van der Waals surface area contributed by atoms with Gasteiger partial charge in [-0.1, -0.05) is 25.1 Å². The molecule has 4 heteroatoms. The van der Waals surface area contributed by atoms with Gasteiger partial charge in [-0.3, -0.25) is 4.68 Å². The lowest BCUT2D eigenvalue weighted by Gasteiger charge is -2.12. The van der Waals surface area contributed by atoms with Crippen LogP contribution < -0.4 is 10.1 Å². The highest BCUT2D eigenvalue weighted by atomic mass is 16.5. The van der Waals surface area contributed by atoms with Crippen LogP contribution in [0.3, 0.4) is 0 Å². The number of hydrogen-bond acceptors (Lipinski definition) is 3. The lowest BCUT2D eigenvalue weighted by Crippen LogP contribution is -2.19. The summed E-state index contributed by atoms with van der Waals surface area (Å²) < 4.78 is 7.84. The van der Waals surface area contributed by atoms with Gasteiger partial charge in [0, 0.05) is 24.2 Å². The molecule has 0 spiro atoms. The second-order valence-corrected chi connectivity index (χ2v) is 5.23. The SMILES string of the molecule is CCCNCc1ccnn1CC1COc2ccccc21. The lowest BCUT2D eigenvalue weighted by molar-refractivity contribution is 0.313. The van der Waals surface area contributed by atoms with Crippen LogP contribution in [0.1, 0.15) is 30.5 Å². The first kappa shape index (κ1) is 13.2. The molecule has 1 N–H and O–H groups in total. The van der Waals surface area contributed by atoms with Gasteiger partial charge in [0.25, 0.3) is 0 Å². The van der Waals surface area contributed by atoms with Gasteiger partial charge in [0.2, 0.25) is 0 Å². The molecule has 0 fully saturated rings. The quantitative estimate of drug-likeness (QED) is 0.821. The predicted octanol–water partition coefficient (Wildman–Crippen LogP) is 2.56. The molecule has 1 aliphatic rings. The van der Waals surface area contributed by atoms with Gasteiger partial charge in [-0.05, 0) is 25.1 Å². The van der Waals surface area contributed by atoms with E-state index < -0.39 is 0 Å². The minimum atomic E-state index is 0.399. The highest BCUT2D eigenvalue weighted by Gasteiger charge is 2.24. The maximum Gasteiger partial charge on any atom is 0.122 e. The summed E-state index contributed by atoms with van der Waals surface area (Å²) in [6, 6.07) is 10.4. The zero-order chi connectivity index (χ0) is 13.8. The number of ether oxygens (including phenoxy) is 1. The molecule has 2 heterocycles. The van der Waals surface area contributed by atoms with Gasteiger partial charge >= 0.3 is 0 Å². The Morgan fingerprint density at radius 1 is 1.35 bits per heavy atom. The van der Waals surface area contributed by atoms with Crippen LogP contribution in [-0.2, 0) is 13.1 Å². The first-order valence-electron chi connectivity index (χ1n) is 7.31. The Bertz CT molecular complexity index is 564. The van der Waals surface area contributed by atoms with Crippen molar-refractivity contribution in [3.05, 3.63) is 47.8 Å². The molecule has 1 atom stereocenters. The average Bonchev–Trinajstić information content (AvgIpc) is 3.08. The normalized spacial score (nSPS) is 16.9. The first-order valence-corrected chi connectivity index (χ1v) is 7.31. The number of nitrogens with zero attached hydrogens (tertiary/aromatic N) is 2. The van der Waals surface area contributed by atoms with Crippen molar-refractivity contribution in [2.24, 2.45) is 0 Å². The number of aromatic nitrogens is 2. The van der Waals surface area contributed by atoms with Crippen molar-refractivity contribution in [2.45, 2.75) is 32.4 Å². The van der Waals surface area contributed by atoms with Crippen molar-refractivity contribution in [1.29, 1.82) is 0 Å². The smallest absolute Gasteiger partial charge is 0.122 e. The van der Waals surface area contributed by atoms with Gasteiger partial charge in [0.1, 0.15) is 5.75 Å². The van der Waals surface area contributed by atoms with Crippen LogP contribution in [-0.4, -0.2) is 22.9 Å². The van der Waals surface area contributed by atoms with Crippen LogP contribution in [0.25, 0.3) is 0 Å². The van der Waals surface area contributed by atoms with Gasteiger partial charge in [-0.25, -0.2) is 0 Å². The number of hydrogen-bond donors (Lipinski definition) is 1. The van der Waals surface area contributed by atoms with Crippen molar-refractivity contribution in [3.8, 4) is 5.75 Å². The minimum absolute atomic E-state index is 0.399. The Hall–Kier alpha value is -1.81. The second kappa shape index (κ2) is 6.09. The number of fused-ring (bicyclic) bond motifs is 1. The van der Waals surface area contributed by atoms with E-state index in [1.165, 1.54) is 11.3 Å². The molecule has 0 radical (unpaired) electrons. The fourth-order valence-corrected chi connectivity index (χ4v) is 2.66. The van der Waals surface area contributed by atoms with Crippen LogP contribution in [0.2, 0.25) is 0 Å². The third-order valence-electron chi connectivity index (χ3n) is 3.73. The number of nitrogens with one attached hydrogen (secondary N) is 1. The fraction of sp³-hybridized carbons (Fsp3) is 0.438. The average molecular weight is 271 g/mol. The van der Waals surface area contributed by atoms with E-state index in [4.69, 9.17) is 4.74 Å². The number of benzene rings is 1. The highest BCUT2D eigenvalue weighted by Crippen LogP contribution is 2.34. The molecule has 0 aliphatic carbocycles. The molecule has 3 rings (SSSR count). The molecule has 4 nitrogen and oxygen atoms in total. The Morgan fingerprint density at radius 2 is 2.25 bits per heavy atom. The van der Waals surface area contributed by atoms with Crippen molar-refractivity contribution in [1.82, 2.24) is 15.1 Å². The lowest BCUT2D eigenvalue weighted by atomic mass is 10.0. The molecule has 1 unspecified atom stereocenters. The topological polar surface area (TPSA) is 39.1 Å². The molecule has 1 aliphatic heterocycles. The van der Waals surface area contributed by atoms with E-state index in [-0.39, 0.29) is 0 Å². The van der Waals surface area contributed by atoms with Gasteiger partial charge in [0.15, 0.2) is 0 Å². The molecule has 20 heavy (non-hydrogen) atoms. The van der Waals surface area contributed by atoms with Crippen LogP contribution in [0, 0.1) is 0 Å². The van der Waals surface area contributed by atoms with E-state index in [0.717, 1.165) is 38.4 Å². The summed E-state index contributed by atoms with van der Waals surface area (Å²) in [5.74, 6) is 1.42. The Labute approximate surface area is 119 Å². The zero-order valence-corrected chi connectivity index (χ0v) is 11.9. The number of rotatable bonds is 6. The molecule has 0 bridgehead atoms. The molecule has 0 saturated heterocycles. The summed E-state index contributed by atoms with van der Waals surface area (Å²) in [7, 11) is 0. The van der Waals surface area contributed by atoms with Gasteiger partial charge in [-0.2, -0.15) is 5.10 Å². The monoisotopic (exact) mass is 271 g/mol. The Kier molecular flexibility index (Phi) is 4.02. The van der Waals surface area contributed by atoms with Crippen molar-refractivity contribution in [2.75, 3.05) is 13.2 Å². The Balaban J connectivity index is 1.69. The highest BCUT2D eigenvalue weighted by molar-refractivity contribution is 5.39. The third-order valence-corrected chi connectivity index (χ3v) is 3.73. The summed E-state index contributed by atoms with van der Waals surface area (Å²) in [6.07, 6.45) is 3.03. The van der Waals surface area contributed by atoms with Crippen molar-refractivity contribution in [3.63, 3.8) is 0 Å². The van der Waals surface area contributed by atoms with Gasteiger partial charge in [0.05, 0.1) is 18.8 Å². The number of para-hydroxylation sites is 1. The fourth-order valence-electron chi connectivity index (χ4n) is 2.66. The van der Waals surface area contributed by atoms with Crippen LogP contribution in [0.5, 0.6) is 5.75 Å². The third kappa shape index (κ3) is 2.70. The summed E-state index contributed by atoms with van der Waals surface area (Å²) in [6.45, 7) is 5.73. The van der Waals surface area contributed by atoms with E-state index >= 15 is 0 Å². The molecule has 0 amide bonds. The summed E-state index contributed by atoms with van der Waals surface area (Å²) in [5.41, 5.74) is 2.54. The van der Waals surface area contributed by atoms with Crippen molar-refractivity contribution < 1.29 is 4.74 Å². The van der Waals surface area contributed by atoms with E-state index in [1.54, 1.807) is 0 Å². The van der Waals surface area contributed by atoms with Crippen LogP contribution in [0.4, 0.5) is 0 Å². The minimum Gasteiger partial charge on any atom is -0.493 e. The van der Waals surface area contributed by atoms with Crippen LogP contribution >= 0.6 is 0 Å². The molecule has 0 saturated carbocycles. The van der Waals surface area contributed by atoms with E-state index in [0.29, 0.717) is 5.92 Å². The molecule has 2 aromatic rings.